The van der Waals surface area contributed by atoms with Gasteiger partial charge in [0.1, 0.15) is 12.1 Å². The van der Waals surface area contributed by atoms with Crippen LogP contribution in [0.5, 0.6) is 0 Å². The van der Waals surface area contributed by atoms with Crippen molar-refractivity contribution in [3.63, 3.8) is 0 Å². The summed E-state index contributed by atoms with van der Waals surface area (Å²) in [5.41, 5.74) is 1.53. The van der Waals surface area contributed by atoms with E-state index in [1.807, 2.05) is 24.3 Å². The number of nitrogens with one attached hydrogen (secondary N) is 2. The first-order valence-corrected chi connectivity index (χ1v) is 14.1. The second kappa shape index (κ2) is 17.3. The molecule has 208 valence electrons. The lowest BCUT2D eigenvalue weighted by Gasteiger charge is -2.25. The number of aromatic nitrogens is 1. The summed E-state index contributed by atoms with van der Waals surface area (Å²) >= 11 is 0. The van der Waals surface area contributed by atoms with Crippen LogP contribution >= 0.6 is 0 Å². The molecule has 2 unspecified atom stereocenters. The van der Waals surface area contributed by atoms with Crippen LogP contribution < -0.4 is 5.32 Å². The lowest BCUT2D eigenvalue weighted by Crippen LogP contribution is -2.51. The first kappa shape index (κ1) is 30.9. The van der Waals surface area contributed by atoms with Gasteiger partial charge in [-0.05, 0) is 43.7 Å². The molecule has 0 amide bonds. The third kappa shape index (κ3) is 12.2. The Hall–Kier alpha value is -2.28. The maximum Gasteiger partial charge on any atom is 0.403 e. The van der Waals surface area contributed by atoms with Crippen molar-refractivity contribution in [3.05, 3.63) is 48.2 Å². The number of hydrogen-bond acceptors (Lipinski definition) is 2. The summed E-state index contributed by atoms with van der Waals surface area (Å²) in [6, 6.07) is 4.24. The van der Waals surface area contributed by atoms with E-state index in [2.05, 4.69) is 29.4 Å². The van der Waals surface area contributed by atoms with E-state index >= 15 is 0 Å². The number of hydrogen-bond donors (Lipinski definition) is 3. The summed E-state index contributed by atoms with van der Waals surface area (Å²) in [5.74, 6) is -1.27. The van der Waals surface area contributed by atoms with Crippen molar-refractivity contribution in [2.45, 2.75) is 121 Å². The van der Waals surface area contributed by atoms with E-state index in [1.54, 1.807) is 6.20 Å². The number of unbranched alkanes of at least 4 members (excludes halogenated alkanes) is 11. The van der Waals surface area contributed by atoms with E-state index in [-0.39, 0.29) is 12.8 Å². The number of fused-ring (bicyclic) bond motifs is 1. The van der Waals surface area contributed by atoms with Crippen LogP contribution in [0.4, 0.5) is 13.2 Å². The molecule has 4 nitrogen and oxygen atoms in total. The molecule has 0 aliphatic heterocycles. The molecule has 0 fully saturated rings. The minimum atomic E-state index is -4.49. The van der Waals surface area contributed by atoms with Gasteiger partial charge in [-0.3, -0.25) is 10.1 Å². The normalized spacial score (nSPS) is 13.9. The minimum Gasteiger partial charge on any atom is -0.480 e. The van der Waals surface area contributed by atoms with Crippen molar-refractivity contribution in [1.29, 1.82) is 0 Å². The van der Waals surface area contributed by atoms with Crippen LogP contribution in [0.15, 0.2) is 42.6 Å². The zero-order valence-corrected chi connectivity index (χ0v) is 22.3. The number of halogens is 3. The SMILES string of the molecule is CCCCCC/C=C\CCCCCCCCCC(NC(Cc1c[nH]c2ccccc12)C(=O)O)C(F)(F)F. The number of carboxylic acid groups (broad SMARTS) is 1. The highest BCUT2D eigenvalue weighted by Gasteiger charge is 2.41. The molecule has 0 bridgehead atoms. The highest BCUT2D eigenvalue weighted by molar-refractivity contribution is 5.84. The maximum atomic E-state index is 13.7. The van der Waals surface area contributed by atoms with Crippen molar-refractivity contribution in [1.82, 2.24) is 10.3 Å². The van der Waals surface area contributed by atoms with Gasteiger partial charge in [-0.25, -0.2) is 0 Å². The fourth-order valence-corrected chi connectivity index (χ4v) is 4.74. The Kier molecular flexibility index (Phi) is 14.4. The van der Waals surface area contributed by atoms with Gasteiger partial charge in [-0.1, -0.05) is 95.1 Å². The molecule has 0 saturated carbocycles. The van der Waals surface area contributed by atoms with Gasteiger partial charge in [0.2, 0.25) is 0 Å². The number of benzene rings is 1. The van der Waals surface area contributed by atoms with E-state index in [0.29, 0.717) is 12.0 Å². The molecule has 7 heteroatoms. The number of aliphatic carboxylic acids is 1. The fourth-order valence-electron chi connectivity index (χ4n) is 4.74. The third-order valence-electron chi connectivity index (χ3n) is 6.95. The van der Waals surface area contributed by atoms with Gasteiger partial charge in [-0.15, -0.1) is 0 Å². The molecular weight excluding hydrogens is 477 g/mol. The molecule has 2 aromatic rings. The van der Waals surface area contributed by atoms with Crippen LogP contribution in [-0.2, 0) is 11.2 Å². The molecule has 0 aliphatic rings. The first-order valence-electron chi connectivity index (χ1n) is 14.1. The molecule has 0 spiro atoms. The molecule has 0 saturated heterocycles. The number of carboxylic acids is 1. The van der Waals surface area contributed by atoms with Crippen molar-refractivity contribution < 1.29 is 23.1 Å². The number of carbonyl (C=O) groups is 1. The van der Waals surface area contributed by atoms with Gasteiger partial charge in [0.25, 0.3) is 0 Å². The molecule has 0 radical (unpaired) electrons. The first-order chi connectivity index (χ1) is 17.8. The lowest BCUT2D eigenvalue weighted by molar-refractivity contribution is -0.163. The van der Waals surface area contributed by atoms with Crippen LogP contribution in [-0.4, -0.2) is 34.3 Å². The molecule has 0 aliphatic carbocycles. The van der Waals surface area contributed by atoms with E-state index in [0.717, 1.165) is 49.4 Å². The Morgan fingerprint density at radius 1 is 0.946 bits per heavy atom. The molecule has 37 heavy (non-hydrogen) atoms. The Morgan fingerprint density at radius 3 is 2.16 bits per heavy atom. The summed E-state index contributed by atoms with van der Waals surface area (Å²) < 4.78 is 41.1. The van der Waals surface area contributed by atoms with Crippen LogP contribution in [0, 0.1) is 0 Å². The third-order valence-corrected chi connectivity index (χ3v) is 6.95. The zero-order valence-electron chi connectivity index (χ0n) is 22.3. The Morgan fingerprint density at radius 2 is 1.54 bits per heavy atom. The zero-order chi connectivity index (χ0) is 26.9. The summed E-state index contributed by atoms with van der Waals surface area (Å²) in [6.45, 7) is 2.22. The summed E-state index contributed by atoms with van der Waals surface area (Å²) in [7, 11) is 0. The number of aromatic amines is 1. The average molecular weight is 523 g/mol. The van der Waals surface area contributed by atoms with Crippen molar-refractivity contribution in [3.8, 4) is 0 Å². The predicted molar refractivity (Wildman–Crippen MR) is 146 cm³/mol. The molecular formula is C30H45F3N2O2. The Balaban J connectivity index is 1.66. The standard InChI is InChI=1S/C30H45F3N2O2/c1-2-3-4-5-6-7-8-9-10-11-12-13-14-15-16-21-28(30(31,32)33)35-27(29(36)37)22-24-23-34-26-20-18-17-19-25(24)26/h7-8,17-20,23,27-28,34-35H,2-6,9-16,21-22H2,1H3,(H,36,37)/b8-7-. The van der Waals surface area contributed by atoms with E-state index in [9.17, 15) is 23.1 Å². The second-order valence-electron chi connectivity index (χ2n) is 10.1. The van der Waals surface area contributed by atoms with Gasteiger partial charge in [-0.2, -0.15) is 13.2 Å². The van der Waals surface area contributed by atoms with Crippen molar-refractivity contribution in [2.75, 3.05) is 0 Å². The largest absolute Gasteiger partial charge is 0.480 e. The van der Waals surface area contributed by atoms with E-state index in [1.165, 1.54) is 38.5 Å². The highest BCUT2D eigenvalue weighted by Crippen LogP contribution is 2.26. The monoisotopic (exact) mass is 522 g/mol. The summed E-state index contributed by atoms with van der Waals surface area (Å²) in [5, 5.41) is 12.9. The summed E-state index contributed by atoms with van der Waals surface area (Å²) in [6.07, 6.45) is 15.6. The van der Waals surface area contributed by atoms with Crippen LogP contribution in [0.2, 0.25) is 0 Å². The van der Waals surface area contributed by atoms with Gasteiger partial charge >= 0.3 is 12.1 Å². The van der Waals surface area contributed by atoms with Gasteiger partial charge < -0.3 is 10.1 Å². The predicted octanol–water partition coefficient (Wildman–Crippen LogP) is 8.72. The lowest BCUT2D eigenvalue weighted by atomic mass is 10.0. The topological polar surface area (TPSA) is 65.1 Å². The van der Waals surface area contributed by atoms with Crippen LogP contribution in [0.25, 0.3) is 10.9 Å². The summed E-state index contributed by atoms with van der Waals surface area (Å²) in [4.78, 5) is 14.8. The van der Waals surface area contributed by atoms with E-state index in [4.69, 9.17) is 0 Å². The van der Waals surface area contributed by atoms with Gasteiger partial charge in [0.05, 0.1) is 0 Å². The maximum absolute atomic E-state index is 13.7. The van der Waals surface area contributed by atoms with Gasteiger partial charge in [0.15, 0.2) is 0 Å². The highest BCUT2D eigenvalue weighted by atomic mass is 19.4. The second-order valence-corrected chi connectivity index (χ2v) is 10.1. The van der Waals surface area contributed by atoms with E-state index < -0.39 is 24.2 Å². The number of H-pyrrole nitrogens is 1. The number of para-hydroxylation sites is 1. The quantitative estimate of drug-likeness (QED) is 0.120. The van der Waals surface area contributed by atoms with Crippen LogP contribution in [0.1, 0.15) is 102 Å². The van der Waals surface area contributed by atoms with Crippen LogP contribution in [0.3, 0.4) is 0 Å². The fraction of sp³-hybridized carbons (Fsp3) is 0.633. The van der Waals surface area contributed by atoms with Crippen molar-refractivity contribution in [2.24, 2.45) is 0 Å². The minimum absolute atomic E-state index is 0.0139. The molecule has 2 rings (SSSR count). The Labute approximate surface area is 220 Å². The van der Waals surface area contributed by atoms with Crippen molar-refractivity contribution >= 4 is 16.9 Å². The molecule has 1 heterocycles. The molecule has 1 aromatic heterocycles. The number of rotatable bonds is 20. The average Bonchev–Trinajstić information content (AvgIpc) is 3.27. The molecule has 3 N–H and O–H groups in total. The van der Waals surface area contributed by atoms with Gasteiger partial charge in [0, 0.05) is 23.5 Å². The number of alkyl halides is 3. The molecule has 2 atom stereocenters. The smallest absolute Gasteiger partial charge is 0.403 e. The number of allylic oxidation sites excluding steroid dienone is 2. The molecule has 1 aromatic carbocycles. The Bertz CT molecular complexity index is 923.